The molecule has 0 fully saturated rings. The Hall–Kier alpha value is -4.05. The van der Waals surface area contributed by atoms with E-state index in [2.05, 4.69) is 17.2 Å². The molecule has 0 aromatic heterocycles. The SMILES string of the molecule is O=C(C#Cc1ccc(-c2ccccc2)c(C(F)(F)F)c1)Nc1cccc(C(=O)O)c1. The molecule has 0 saturated heterocycles. The molecule has 0 aliphatic heterocycles. The molecule has 4 nitrogen and oxygen atoms in total. The van der Waals surface area contributed by atoms with Gasteiger partial charge >= 0.3 is 18.1 Å². The molecular weight excluding hydrogens is 395 g/mol. The number of carbonyl (C=O) groups excluding carboxylic acids is 1. The van der Waals surface area contributed by atoms with E-state index in [4.69, 9.17) is 5.11 Å². The number of alkyl halides is 3. The summed E-state index contributed by atoms with van der Waals surface area (Å²) in [4.78, 5) is 22.9. The molecule has 30 heavy (non-hydrogen) atoms. The van der Waals surface area contributed by atoms with Crippen molar-refractivity contribution < 1.29 is 27.9 Å². The van der Waals surface area contributed by atoms with Gasteiger partial charge in [0.1, 0.15) is 0 Å². The Morgan fingerprint density at radius 2 is 1.63 bits per heavy atom. The minimum atomic E-state index is -4.59. The monoisotopic (exact) mass is 409 g/mol. The Morgan fingerprint density at radius 1 is 0.900 bits per heavy atom. The van der Waals surface area contributed by atoms with Crippen LogP contribution in [0.15, 0.2) is 72.8 Å². The highest BCUT2D eigenvalue weighted by Crippen LogP contribution is 2.37. The molecule has 0 aliphatic carbocycles. The van der Waals surface area contributed by atoms with Crippen LogP contribution in [0.25, 0.3) is 11.1 Å². The van der Waals surface area contributed by atoms with Gasteiger partial charge in [-0.3, -0.25) is 4.79 Å². The van der Waals surface area contributed by atoms with E-state index in [1.807, 2.05) is 0 Å². The fraction of sp³-hybridized carbons (Fsp3) is 0.0435. The molecule has 1 amide bonds. The van der Waals surface area contributed by atoms with Crippen LogP contribution in [0.1, 0.15) is 21.5 Å². The zero-order valence-electron chi connectivity index (χ0n) is 15.3. The highest BCUT2D eigenvalue weighted by Gasteiger charge is 2.33. The average Bonchev–Trinajstić information content (AvgIpc) is 2.72. The third kappa shape index (κ3) is 5.06. The van der Waals surface area contributed by atoms with Crippen LogP contribution in [0.2, 0.25) is 0 Å². The molecule has 0 saturated carbocycles. The Bertz CT molecular complexity index is 1160. The Kier molecular flexibility index (Phi) is 5.88. The number of carboxylic acid groups (broad SMARTS) is 1. The summed E-state index contributed by atoms with van der Waals surface area (Å²) >= 11 is 0. The number of carboxylic acids is 1. The minimum Gasteiger partial charge on any atom is -0.478 e. The van der Waals surface area contributed by atoms with Gasteiger partial charge in [0.05, 0.1) is 11.1 Å². The van der Waals surface area contributed by atoms with E-state index in [-0.39, 0.29) is 22.4 Å². The molecule has 7 heteroatoms. The zero-order valence-corrected chi connectivity index (χ0v) is 15.3. The molecule has 3 rings (SSSR count). The third-order valence-electron chi connectivity index (χ3n) is 4.10. The maximum absolute atomic E-state index is 13.5. The number of halogens is 3. The van der Waals surface area contributed by atoms with Gasteiger partial charge in [0.15, 0.2) is 0 Å². The zero-order chi connectivity index (χ0) is 21.7. The highest BCUT2D eigenvalue weighted by atomic mass is 19.4. The predicted octanol–water partition coefficient (Wildman–Crippen LogP) is 5.06. The van der Waals surface area contributed by atoms with Crippen LogP contribution in [0, 0.1) is 11.8 Å². The van der Waals surface area contributed by atoms with Crippen molar-refractivity contribution in [3.05, 3.63) is 89.5 Å². The first-order chi connectivity index (χ1) is 14.2. The lowest BCUT2D eigenvalue weighted by Crippen LogP contribution is -2.10. The van der Waals surface area contributed by atoms with Crippen molar-refractivity contribution in [2.75, 3.05) is 5.32 Å². The number of amides is 1. The van der Waals surface area contributed by atoms with Crippen molar-refractivity contribution in [2.45, 2.75) is 6.18 Å². The van der Waals surface area contributed by atoms with Crippen molar-refractivity contribution in [2.24, 2.45) is 0 Å². The van der Waals surface area contributed by atoms with E-state index in [9.17, 15) is 22.8 Å². The first-order valence-electron chi connectivity index (χ1n) is 8.67. The van der Waals surface area contributed by atoms with Gasteiger partial charge in [-0.1, -0.05) is 48.4 Å². The number of anilines is 1. The normalized spacial score (nSPS) is 10.6. The Balaban J connectivity index is 1.86. The van der Waals surface area contributed by atoms with Crippen LogP contribution in [-0.4, -0.2) is 17.0 Å². The molecule has 0 atom stereocenters. The fourth-order valence-corrected chi connectivity index (χ4v) is 2.75. The summed E-state index contributed by atoms with van der Waals surface area (Å²) in [6.45, 7) is 0. The van der Waals surface area contributed by atoms with E-state index in [1.165, 1.54) is 36.4 Å². The van der Waals surface area contributed by atoms with Gasteiger partial charge in [0, 0.05) is 17.2 Å². The maximum atomic E-state index is 13.5. The Morgan fingerprint density at radius 3 is 2.30 bits per heavy atom. The largest absolute Gasteiger partial charge is 0.478 e. The second-order valence-electron chi connectivity index (χ2n) is 6.21. The maximum Gasteiger partial charge on any atom is 0.417 e. The summed E-state index contributed by atoms with van der Waals surface area (Å²) in [5, 5.41) is 11.4. The molecule has 2 N–H and O–H groups in total. The van der Waals surface area contributed by atoms with Crippen LogP contribution >= 0.6 is 0 Å². The third-order valence-corrected chi connectivity index (χ3v) is 4.10. The number of hydrogen-bond acceptors (Lipinski definition) is 2. The van der Waals surface area contributed by atoms with Crippen LogP contribution in [0.3, 0.4) is 0 Å². The van der Waals surface area contributed by atoms with E-state index in [1.54, 1.807) is 30.3 Å². The van der Waals surface area contributed by atoms with E-state index >= 15 is 0 Å². The van der Waals surface area contributed by atoms with Crippen molar-refractivity contribution in [3.63, 3.8) is 0 Å². The summed E-state index contributed by atoms with van der Waals surface area (Å²) in [7, 11) is 0. The van der Waals surface area contributed by atoms with Crippen LogP contribution in [-0.2, 0) is 11.0 Å². The van der Waals surface area contributed by atoms with Gasteiger partial charge in [-0.25, -0.2) is 4.79 Å². The van der Waals surface area contributed by atoms with Gasteiger partial charge in [0.25, 0.3) is 0 Å². The number of hydrogen-bond donors (Lipinski definition) is 2. The second-order valence-corrected chi connectivity index (χ2v) is 6.21. The number of benzene rings is 3. The van der Waals surface area contributed by atoms with Crippen molar-refractivity contribution in [1.82, 2.24) is 0 Å². The molecule has 150 valence electrons. The molecule has 0 spiro atoms. The molecule has 0 heterocycles. The number of carbonyl (C=O) groups is 2. The lowest BCUT2D eigenvalue weighted by molar-refractivity contribution is -0.137. The fourth-order valence-electron chi connectivity index (χ4n) is 2.75. The summed E-state index contributed by atoms with van der Waals surface area (Å²) < 4.78 is 40.6. The quantitative estimate of drug-likeness (QED) is 0.594. The number of aromatic carboxylic acids is 1. The van der Waals surface area contributed by atoms with E-state index < -0.39 is 23.6 Å². The summed E-state index contributed by atoms with van der Waals surface area (Å²) in [6, 6.07) is 17.3. The molecule has 0 bridgehead atoms. The molecular formula is C23H14F3NO3. The topological polar surface area (TPSA) is 66.4 Å². The van der Waals surface area contributed by atoms with Crippen molar-refractivity contribution in [3.8, 4) is 23.0 Å². The molecule has 3 aromatic carbocycles. The van der Waals surface area contributed by atoms with Crippen molar-refractivity contribution >= 4 is 17.6 Å². The van der Waals surface area contributed by atoms with E-state index in [0.29, 0.717) is 5.56 Å². The van der Waals surface area contributed by atoms with Gasteiger partial charge in [-0.2, -0.15) is 13.2 Å². The molecule has 0 aliphatic rings. The lowest BCUT2D eigenvalue weighted by Gasteiger charge is -2.13. The molecule has 0 radical (unpaired) electrons. The van der Waals surface area contributed by atoms with Crippen LogP contribution in [0.5, 0.6) is 0 Å². The Labute approximate surface area is 170 Å². The van der Waals surface area contributed by atoms with Crippen LogP contribution < -0.4 is 5.32 Å². The van der Waals surface area contributed by atoms with Gasteiger partial charge in [-0.05, 0) is 41.5 Å². The summed E-state index contributed by atoms with van der Waals surface area (Å²) in [5.41, 5.74) is -0.202. The summed E-state index contributed by atoms with van der Waals surface area (Å²) in [5.74, 6) is 2.70. The first kappa shape index (κ1) is 20.7. The van der Waals surface area contributed by atoms with Gasteiger partial charge < -0.3 is 10.4 Å². The lowest BCUT2D eigenvalue weighted by atomic mass is 9.97. The number of nitrogens with one attached hydrogen (secondary N) is 1. The first-order valence-corrected chi connectivity index (χ1v) is 8.67. The smallest absolute Gasteiger partial charge is 0.417 e. The van der Waals surface area contributed by atoms with Crippen LogP contribution in [0.4, 0.5) is 18.9 Å². The summed E-state index contributed by atoms with van der Waals surface area (Å²) in [6.07, 6.45) is -4.59. The highest BCUT2D eigenvalue weighted by molar-refractivity contribution is 6.04. The minimum absolute atomic E-state index is 0.0172. The predicted molar refractivity (Wildman–Crippen MR) is 106 cm³/mol. The number of rotatable bonds is 3. The van der Waals surface area contributed by atoms with Gasteiger partial charge in [0.2, 0.25) is 0 Å². The van der Waals surface area contributed by atoms with E-state index in [0.717, 1.165) is 6.07 Å². The molecule has 3 aromatic rings. The average molecular weight is 409 g/mol. The van der Waals surface area contributed by atoms with Crippen molar-refractivity contribution in [1.29, 1.82) is 0 Å². The standard InChI is InChI=1S/C23H14F3NO3/c24-23(25,26)20-13-15(9-11-19(20)16-5-2-1-3-6-16)10-12-21(28)27-18-8-4-7-17(14-18)22(29)30/h1-9,11,13-14H,(H,27,28)(H,29,30). The molecule has 0 unspecified atom stereocenters. The van der Waals surface area contributed by atoms with Gasteiger partial charge in [-0.15, -0.1) is 0 Å². The second kappa shape index (κ2) is 8.53.